The number of carbonyl (C=O) groups is 1. The van der Waals surface area contributed by atoms with Gasteiger partial charge in [0.05, 0.1) is 17.1 Å². The van der Waals surface area contributed by atoms with Crippen molar-refractivity contribution >= 4 is 23.3 Å². The lowest BCUT2D eigenvalue weighted by Crippen LogP contribution is -2.15. The first-order valence-electron chi connectivity index (χ1n) is 7.56. The van der Waals surface area contributed by atoms with Crippen LogP contribution in [-0.4, -0.2) is 21.1 Å². The van der Waals surface area contributed by atoms with E-state index in [0.717, 1.165) is 26.7 Å². The molecule has 124 valence electrons. The quantitative estimate of drug-likeness (QED) is 0.783. The highest BCUT2D eigenvalue weighted by molar-refractivity contribution is 7.15. The molecule has 3 aromatic rings. The fraction of sp³-hybridized carbons (Fsp3) is 0.294. The molecule has 0 saturated heterocycles. The van der Waals surface area contributed by atoms with Crippen LogP contribution < -0.4 is 5.32 Å². The molecule has 0 saturated carbocycles. The molecule has 24 heavy (non-hydrogen) atoms. The van der Waals surface area contributed by atoms with Gasteiger partial charge in [0.2, 0.25) is 5.91 Å². The number of carbonyl (C=O) groups excluding carboxylic acids is 1. The van der Waals surface area contributed by atoms with Crippen molar-refractivity contribution in [3.05, 3.63) is 45.6 Å². The Hall–Kier alpha value is -2.54. The van der Waals surface area contributed by atoms with Crippen LogP contribution in [-0.2, 0) is 11.2 Å². The van der Waals surface area contributed by atoms with Crippen molar-refractivity contribution in [2.45, 2.75) is 34.1 Å². The number of thiazole rings is 1. The van der Waals surface area contributed by atoms with E-state index in [9.17, 15) is 4.79 Å². The highest BCUT2D eigenvalue weighted by Crippen LogP contribution is 2.29. The smallest absolute Gasteiger partial charge is 0.322 e. The van der Waals surface area contributed by atoms with Gasteiger partial charge < -0.3 is 4.42 Å². The average molecular weight is 342 g/mol. The Balaban J connectivity index is 1.70. The van der Waals surface area contributed by atoms with E-state index in [-0.39, 0.29) is 18.3 Å². The summed E-state index contributed by atoms with van der Waals surface area (Å²) in [5.74, 6) is 0.189. The molecule has 0 aliphatic carbocycles. The lowest BCUT2D eigenvalue weighted by molar-refractivity contribution is -0.115. The summed E-state index contributed by atoms with van der Waals surface area (Å²) in [6, 6.07) is 6.12. The molecule has 1 amide bonds. The largest absolute Gasteiger partial charge is 0.402 e. The van der Waals surface area contributed by atoms with Gasteiger partial charge in [0.15, 0.2) is 0 Å². The molecule has 0 spiro atoms. The number of hydrogen-bond donors (Lipinski definition) is 1. The summed E-state index contributed by atoms with van der Waals surface area (Å²) in [6.45, 7) is 7.83. The van der Waals surface area contributed by atoms with Gasteiger partial charge in [-0.2, -0.15) is 0 Å². The van der Waals surface area contributed by atoms with Gasteiger partial charge >= 0.3 is 6.01 Å². The minimum absolute atomic E-state index is 0.102. The van der Waals surface area contributed by atoms with E-state index in [4.69, 9.17) is 4.42 Å². The first-order chi connectivity index (χ1) is 11.4. The van der Waals surface area contributed by atoms with Crippen molar-refractivity contribution in [2.24, 2.45) is 0 Å². The third-order valence-electron chi connectivity index (χ3n) is 3.62. The number of aromatic nitrogens is 3. The molecule has 1 aromatic carbocycles. The molecule has 7 heteroatoms. The highest BCUT2D eigenvalue weighted by atomic mass is 32.1. The van der Waals surface area contributed by atoms with Crippen molar-refractivity contribution in [3.8, 4) is 10.8 Å². The summed E-state index contributed by atoms with van der Waals surface area (Å²) in [4.78, 5) is 17.3. The minimum atomic E-state index is -0.186. The molecule has 0 fully saturated rings. The van der Waals surface area contributed by atoms with Crippen LogP contribution in [0.1, 0.15) is 27.4 Å². The summed E-state index contributed by atoms with van der Waals surface area (Å²) < 4.78 is 5.54. The van der Waals surface area contributed by atoms with Gasteiger partial charge in [0.1, 0.15) is 4.88 Å². The van der Waals surface area contributed by atoms with Crippen molar-refractivity contribution in [2.75, 3.05) is 5.32 Å². The maximum absolute atomic E-state index is 12.2. The van der Waals surface area contributed by atoms with Crippen molar-refractivity contribution in [3.63, 3.8) is 0 Å². The molecule has 2 aromatic heterocycles. The standard InChI is InChI=1S/C17H18N4O2S/c1-9-5-6-13(10(2)7-9)8-14(22)19-17-21-20-16(23-17)15-11(3)18-12(4)24-15/h5-7H,8H2,1-4H3,(H,19,21,22). The normalized spacial score (nSPS) is 10.8. The molecule has 1 N–H and O–H groups in total. The molecule has 0 radical (unpaired) electrons. The van der Waals surface area contributed by atoms with E-state index in [1.54, 1.807) is 0 Å². The molecule has 0 unspecified atom stereocenters. The lowest BCUT2D eigenvalue weighted by Gasteiger charge is -2.06. The zero-order chi connectivity index (χ0) is 17.3. The van der Waals surface area contributed by atoms with E-state index in [2.05, 4.69) is 26.6 Å². The molecule has 3 rings (SSSR count). The van der Waals surface area contributed by atoms with Crippen LogP contribution in [0, 0.1) is 27.7 Å². The van der Waals surface area contributed by atoms with Crippen molar-refractivity contribution in [1.82, 2.24) is 15.2 Å². The van der Waals surface area contributed by atoms with Gasteiger partial charge in [-0.05, 0) is 38.8 Å². The second kappa shape index (κ2) is 6.52. The Morgan fingerprint density at radius 3 is 2.67 bits per heavy atom. The summed E-state index contributed by atoms with van der Waals surface area (Å²) in [5.41, 5.74) is 4.08. The van der Waals surface area contributed by atoms with Crippen LogP contribution in [0.3, 0.4) is 0 Å². The summed E-state index contributed by atoms with van der Waals surface area (Å²) in [7, 11) is 0. The van der Waals surface area contributed by atoms with Crippen LogP contribution >= 0.6 is 11.3 Å². The second-order valence-electron chi connectivity index (χ2n) is 5.71. The van der Waals surface area contributed by atoms with E-state index < -0.39 is 0 Å². The number of nitrogens with one attached hydrogen (secondary N) is 1. The molecule has 0 aliphatic rings. The average Bonchev–Trinajstić information content (AvgIpc) is 3.08. The number of nitrogens with zero attached hydrogens (tertiary/aromatic N) is 3. The third kappa shape index (κ3) is 3.51. The van der Waals surface area contributed by atoms with E-state index in [0.29, 0.717) is 5.89 Å². The predicted molar refractivity (Wildman–Crippen MR) is 93.1 cm³/mol. The van der Waals surface area contributed by atoms with Crippen LogP contribution in [0.15, 0.2) is 22.6 Å². The monoisotopic (exact) mass is 342 g/mol. The Bertz CT molecular complexity index is 898. The SMILES string of the molecule is Cc1ccc(CC(=O)Nc2nnc(-c3sc(C)nc3C)o2)c(C)c1. The van der Waals surface area contributed by atoms with Crippen LogP contribution in [0.4, 0.5) is 6.01 Å². The Morgan fingerprint density at radius 2 is 2.00 bits per heavy atom. The summed E-state index contributed by atoms with van der Waals surface area (Å²) in [5, 5.41) is 11.5. The Kier molecular flexibility index (Phi) is 4.44. The maximum Gasteiger partial charge on any atom is 0.322 e. The second-order valence-corrected chi connectivity index (χ2v) is 6.92. The van der Waals surface area contributed by atoms with Crippen LogP contribution in [0.5, 0.6) is 0 Å². The topological polar surface area (TPSA) is 80.9 Å². The first-order valence-corrected chi connectivity index (χ1v) is 8.38. The molecule has 6 nitrogen and oxygen atoms in total. The first kappa shape index (κ1) is 16.3. The van der Waals surface area contributed by atoms with Gasteiger partial charge in [-0.15, -0.1) is 16.4 Å². The van der Waals surface area contributed by atoms with E-state index in [1.807, 2.05) is 39.8 Å². The fourth-order valence-corrected chi connectivity index (χ4v) is 3.32. The zero-order valence-corrected chi connectivity index (χ0v) is 14.8. The lowest BCUT2D eigenvalue weighted by atomic mass is 10.0. The van der Waals surface area contributed by atoms with E-state index in [1.165, 1.54) is 16.9 Å². The molecule has 0 aliphatic heterocycles. The molecular formula is C17H18N4O2S. The van der Waals surface area contributed by atoms with Crippen molar-refractivity contribution < 1.29 is 9.21 Å². The molecule has 2 heterocycles. The molecular weight excluding hydrogens is 324 g/mol. The maximum atomic E-state index is 12.2. The zero-order valence-electron chi connectivity index (χ0n) is 14.0. The number of hydrogen-bond acceptors (Lipinski definition) is 6. The number of amides is 1. The number of benzene rings is 1. The van der Waals surface area contributed by atoms with Crippen LogP contribution in [0.2, 0.25) is 0 Å². The highest BCUT2D eigenvalue weighted by Gasteiger charge is 2.16. The molecule has 0 bridgehead atoms. The number of aryl methyl sites for hydroxylation is 4. The Labute approximate surface area is 144 Å². The van der Waals surface area contributed by atoms with Gasteiger partial charge in [-0.1, -0.05) is 28.9 Å². The van der Waals surface area contributed by atoms with Gasteiger partial charge in [0, 0.05) is 0 Å². The number of rotatable bonds is 4. The van der Waals surface area contributed by atoms with Gasteiger partial charge in [-0.25, -0.2) is 4.98 Å². The summed E-state index contributed by atoms with van der Waals surface area (Å²) in [6.07, 6.45) is 0.266. The minimum Gasteiger partial charge on any atom is -0.402 e. The fourth-order valence-electron chi connectivity index (χ4n) is 2.48. The summed E-state index contributed by atoms with van der Waals surface area (Å²) >= 11 is 1.49. The Morgan fingerprint density at radius 1 is 1.21 bits per heavy atom. The van der Waals surface area contributed by atoms with E-state index >= 15 is 0 Å². The van der Waals surface area contributed by atoms with Crippen LogP contribution in [0.25, 0.3) is 10.8 Å². The van der Waals surface area contributed by atoms with Crippen molar-refractivity contribution in [1.29, 1.82) is 0 Å². The predicted octanol–water partition coefficient (Wildman–Crippen LogP) is 3.61. The van der Waals surface area contributed by atoms with Gasteiger partial charge in [-0.3, -0.25) is 10.1 Å². The number of anilines is 1. The van der Waals surface area contributed by atoms with Gasteiger partial charge in [0.25, 0.3) is 5.89 Å². The third-order valence-corrected chi connectivity index (χ3v) is 4.68. The molecule has 0 atom stereocenters.